The summed E-state index contributed by atoms with van der Waals surface area (Å²) in [4.78, 5) is 20.5. The second-order valence-electron chi connectivity index (χ2n) is 5.60. The summed E-state index contributed by atoms with van der Waals surface area (Å²) in [5.74, 6) is 0.970. The summed E-state index contributed by atoms with van der Waals surface area (Å²) in [6.45, 7) is 5.06. The van der Waals surface area contributed by atoms with Crippen LogP contribution in [0.1, 0.15) is 5.69 Å². The largest absolute Gasteiger partial charge is 0.353 e. The Bertz CT molecular complexity index is 728. The monoisotopic (exact) mass is 369 g/mol. The van der Waals surface area contributed by atoms with Crippen LogP contribution in [0.15, 0.2) is 22.9 Å². The molecular weight excluding hydrogens is 353 g/mol. The molecule has 0 bridgehead atoms. The van der Waals surface area contributed by atoms with Crippen LogP contribution in [0.2, 0.25) is 10.0 Å². The van der Waals surface area contributed by atoms with Gasteiger partial charge in [-0.2, -0.15) is 0 Å². The Labute approximate surface area is 149 Å². The zero-order chi connectivity index (χ0) is 17.1. The highest BCUT2D eigenvalue weighted by molar-refractivity contribution is 6.36. The number of piperazine rings is 1. The molecule has 0 unspecified atom stereocenters. The van der Waals surface area contributed by atoms with Gasteiger partial charge >= 0.3 is 0 Å². The fourth-order valence-electron chi connectivity index (χ4n) is 2.56. The van der Waals surface area contributed by atoms with E-state index in [1.54, 1.807) is 25.3 Å². The molecule has 1 amide bonds. The van der Waals surface area contributed by atoms with Crippen molar-refractivity contribution in [1.29, 1.82) is 0 Å². The highest BCUT2D eigenvalue weighted by atomic mass is 35.5. The summed E-state index contributed by atoms with van der Waals surface area (Å²) in [5, 5.41) is 7.48. The lowest BCUT2D eigenvalue weighted by Gasteiger charge is -2.35. The van der Waals surface area contributed by atoms with Gasteiger partial charge in [0.05, 0.1) is 22.3 Å². The number of halogens is 2. The minimum Gasteiger partial charge on any atom is -0.353 e. The SMILES string of the molecule is Cc1cc(NC(=O)CN2CCN(c3ncc(Cl)cc3Cl)CC2)on1. The van der Waals surface area contributed by atoms with Gasteiger partial charge in [0.1, 0.15) is 5.82 Å². The van der Waals surface area contributed by atoms with Crippen molar-refractivity contribution >= 4 is 40.8 Å². The summed E-state index contributed by atoms with van der Waals surface area (Å²) in [6, 6.07) is 3.37. The fraction of sp³-hybridized carbons (Fsp3) is 0.400. The molecule has 128 valence electrons. The third kappa shape index (κ3) is 4.17. The predicted molar refractivity (Wildman–Crippen MR) is 92.8 cm³/mol. The van der Waals surface area contributed by atoms with Crippen LogP contribution in [0.3, 0.4) is 0 Å². The number of carbonyl (C=O) groups is 1. The first kappa shape index (κ1) is 17.0. The molecule has 1 fully saturated rings. The number of nitrogens with one attached hydrogen (secondary N) is 1. The molecule has 0 atom stereocenters. The molecule has 2 aromatic heterocycles. The molecule has 1 saturated heterocycles. The minimum atomic E-state index is -0.123. The second-order valence-corrected chi connectivity index (χ2v) is 6.45. The van der Waals surface area contributed by atoms with Crippen LogP contribution < -0.4 is 10.2 Å². The first-order valence-corrected chi connectivity index (χ1v) is 8.28. The van der Waals surface area contributed by atoms with Gasteiger partial charge in [0.2, 0.25) is 11.8 Å². The van der Waals surface area contributed by atoms with Gasteiger partial charge in [-0.3, -0.25) is 15.0 Å². The molecule has 3 heterocycles. The van der Waals surface area contributed by atoms with Crippen LogP contribution in [-0.2, 0) is 4.79 Å². The van der Waals surface area contributed by atoms with Crippen molar-refractivity contribution in [3.63, 3.8) is 0 Å². The van der Waals surface area contributed by atoms with E-state index in [4.69, 9.17) is 27.7 Å². The topological polar surface area (TPSA) is 74.5 Å². The van der Waals surface area contributed by atoms with Crippen molar-refractivity contribution < 1.29 is 9.32 Å². The third-order valence-corrected chi connectivity index (χ3v) is 4.20. The average Bonchev–Trinajstić information content (AvgIpc) is 2.93. The van der Waals surface area contributed by atoms with Gasteiger partial charge in [-0.15, -0.1) is 0 Å². The number of rotatable bonds is 4. The molecule has 7 nitrogen and oxygen atoms in total. The first-order valence-electron chi connectivity index (χ1n) is 7.53. The number of hydrogen-bond acceptors (Lipinski definition) is 6. The predicted octanol–water partition coefficient (Wildman–Crippen LogP) is 2.45. The van der Waals surface area contributed by atoms with Gasteiger partial charge in [-0.25, -0.2) is 4.98 Å². The van der Waals surface area contributed by atoms with Crippen molar-refractivity contribution in [3.8, 4) is 0 Å². The number of aromatic nitrogens is 2. The van der Waals surface area contributed by atoms with Crippen molar-refractivity contribution in [1.82, 2.24) is 15.0 Å². The lowest BCUT2D eigenvalue weighted by molar-refractivity contribution is -0.117. The molecule has 0 aliphatic carbocycles. The number of pyridine rings is 1. The van der Waals surface area contributed by atoms with Crippen LogP contribution in [0.4, 0.5) is 11.7 Å². The van der Waals surface area contributed by atoms with Gasteiger partial charge in [-0.05, 0) is 13.0 Å². The summed E-state index contributed by atoms with van der Waals surface area (Å²) in [5.41, 5.74) is 0.728. The van der Waals surface area contributed by atoms with Gasteiger partial charge in [0.25, 0.3) is 0 Å². The standard InChI is InChI=1S/C15H17Cl2N5O2/c1-10-6-14(24-20-10)19-13(23)9-21-2-4-22(5-3-21)15-12(17)7-11(16)8-18-15/h6-8H,2-5,9H2,1H3,(H,19,23). The maximum absolute atomic E-state index is 12.0. The molecule has 24 heavy (non-hydrogen) atoms. The average molecular weight is 370 g/mol. The van der Waals surface area contributed by atoms with E-state index in [9.17, 15) is 4.79 Å². The second kappa shape index (κ2) is 7.38. The number of anilines is 2. The molecule has 0 spiro atoms. The van der Waals surface area contributed by atoms with Crippen LogP contribution in [0, 0.1) is 6.92 Å². The third-order valence-electron chi connectivity index (χ3n) is 3.72. The van der Waals surface area contributed by atoms with Crippen LogP contribution >= 0.6 is 23.2 Å². The molecule has 0 saturated carbocycles. The highest BCUT2D eigenvalue weighted by Gasteiger charge is 2.22. The fourth-order valence-corrected chi connectivity index (χ4v) is 3.06. The van der Waals surface area contributed by atoms with Crippen molar-refractivity contribution in [2.45, 2.75) is 6.92 Å². The molecule has 1 aliphatic heterocycles. The zero-order valence-corrected chi connectivity index (χ0v) is 14.6. The van der Waals surface area contributed by atoms with Gasteiger partial charge in [0, 0.05) is 38.4 Å². The van der Waals surface area contributed by atoms with Gasteiger partial charge in [-0.1, -0.05) is 28.4 Å². The molecule has 2 aromatic rings. The zero-order valence-electron chi connectivity index (χ0n) is 13.1. The van der Waals surface area contributed by atoms with Crippen molar-refractivity contribution in [2.24, 2.45) is 0 Å². The number of nitrogens with zero attached hydrogens (tertiary/aromatic N) is 4. The van der Waals surface area contributed by atoms with E-state index in [0.29, 0.717) is 22.5 Å². The lowest BCUT2D eigenvalue weighted by atomic mass is 10.3. The summed E-state index contributed by atoms with van der Waals surface area (Å²) in [6.07, 6.45) is 1.59. The number of aryl methyl sites for hydroxylation is 1. The van der Waals surface area contributed by atoms with E-state index >= 15 is 0 Å². The number of amides is 1. The molecule has 0 aromatic carbocycles. The minimum absolute atomic E-state index is 0.123. The normalized spacial score (nSPS) is 15.5. The quantitative estimate of drug-likeness (QED) is 0.891. The Morgan fingerprint density at radius 2 is 2.04 bits per heavy atom. The number of carbonyl (C=O) groups excluding carboxylic acids is 1. The highest BCUT2D eigenvalue weighted by Crippen LogP contribution is 2.26. The summed E-state index contributed by atoms with van der Waals surface area (Å²) < 4.78 is 4.98. The Morgan fingerprint density at radius 3 is 2.67 bits per heavy atom. The van der Waals surface area contributed by atoms with Gasteiger partial charge in [0.15, 0.2) is 0 Å². The summed E-state index contributed by atoms with van der Waals surface area (Å²) >= 11 is 12.1. The summed E-state index contributed by atoms with van der Waals surface area (Å²) in [7, 11) is 0. The Kier molecular flexibility index (Phi) is 5.23. The first-order chi connectivity index (χ1) is 11.5. The van der Waals surface area contributed by atoms with E-state index in [1.165, 1.54) is 0 Å². The Hall–Kier alpha value is -1.83. The van der Waals surface area contributed by atoms with Crippen LogP contribution in [-0.4, -0.2) is 53.7 Å². The molecule has 9 heteroatoms. The smallest absolute Gasteiger partial charge is 0.240 e. The molecule has 1 N–H and O–H groups in total. The van der Waals surface area contributed by atoms with Crippen LogP contribution in [0.25, 0.3) is 0 Å². The maximum atomic E-state index is 12.0. The Balaban J connectivity index is 1.50. The molecular formula is C15H17Cl2N5O2. The van der Waals surface area contributed by atoms with E-state index in [2.05, 4.69) is 25.3 Å². The molecule has 0 radical (unpaired) electrons. The van der Waals surface area contributed by atoms with E-state index < -0.39 is 0 Å². The maximum Gasteiger partial charge on any atom is 0.240 e. The Morgan fingerprint density at radius 1 is 1.29 bits per heavy atom. The van der Waals surface area contributed by atoms with E-state index in [1.807, 2.05) is 0 Å². The van der Waals surface area contributed by atoms with E-state index in [-0.39, 0.29) is 5.91 Å². The van der Waals surface area contributed by atoms with Crippen molar-refractivity contribution in [3.05, 3.63) is 34.1 Å². The van der Waals surface area contributed by atoms with Crippen LogP contribution in [0.5, 0.6) is 0 Å². The van der Waals surface area contributed by atoms with Gasteiger partial charge < -0.3 is 9.42 Å². The molecule has 3 rings (SSSR count). The van der Waals surface area contributed by atoms with Crippen molar-refractivity contribution in [2.75, 3.05) is 42.9 Å². The molecule has 1 aliphatic rings. The van der Waals surface area contributed by atoms with E-state index in [0.717, 1.165) is 37.7 Å². The lowest BCUT2D eigenvalue weighted by Crippen LogP contribution is -2.49. The number of hydrogen-bond donors (Lipinski definition) is 1.